The number of nitriles is 1. The minimum Gasteiger partial charge on any atom is -0.349 e. The van der Waals surface area contributed by atoms with Crippen LogP contribution >= 0.6 is 11.3 Å². The predicted octanol–water partition coefficient (Wildman–Crippen LogP) is 4.55. The van der Waals surface area contributed by atoms with Gasteiger partial charge in [0.25, 0.3) is 5.95 Å². The Hall–Kier alpha value is -3.19. The van der Waals surface area contributed by atoms with Crippen LogP contribution in [0.25, 0.3) is 5.95 Å². The average Bonchev–Trinajstić information content (AvgIpc) is 3.32. The molecule has 0 aromatic carbocycles. The van der Waals surface area contributed by atoms with Crippen molar-refractivity contribution in [3.8, 4) is 12.0 Å². The minimum absolute atomic E-state index is 0.197. The number of hydrogen-bond donors (Lipinski definition) is 0. The van der Waals surface area contributed by atoms with Gasteiger partial charge in [0, 0.05) is 30.9 Å². The standard InChI is InChI=1S/C19H23N9S/c1-6-27(7-2)18-24-14(19(3,4)5)16(29-18)26-25-15-13(11-20)12-23-28(15)17-21-9-8-10-22-17/h8-10,12H,6-7H2,1-5H3. The first-order chi connectivity index (χ1) is 13.9. The molecule has 3 aromatic heterocycles. The van der Waals surface area contributed by atoms with E-state index in [0.717, 1.165) is 23.9 Å². The second-order valence-electron chi connectivity index (χ2n) is 7.23. The van der Waals surface area contributed by atoms with Gasteiger partial charge in [-0.1, -0.05) is 32.1 Å². The first-order valence-corrected chi connectivity index (χ1v) is 10.1. The van der Waals surface area contributed by atoms with Crippen LogP contribution in [-0.2, 0) is 5.41 Å². The van der Waals surface area contributed by atoms with E-state index in [2.05, 4.69) is 70.9 Å². The molecule has 0 radical (unpaired) electrons. The van der Waals surface area contributed by atoms with E-state index in [9.17, 15) is 5.26 Å². The highest BCUT2D eigenvalue weighted by molar-refractivity contribution is 7.19. The van der Waals surface area contributed by atoms with Gasteiger partial charge < -0.3 is 4.90 Å². The third kappa shape index (κ3) is 4.30. The van der Waals surface area contributed by atoms with Gasteiger partial charge in [0.1, 0.15) is 11.6 Å². The molecule has 3 heterocycles. The molecule has 0 bridgehead atoms. The second kappa shape index (κ2) is 8.45. The molecule has 0 saturated heterocycles. The van der Waals surface area contributed by atoms with E-state index in [1.807, 2.05) is 0 Å². The van der Waals surface area contributed by atoms with Crippen molar-refractivity contribution in [1.82, 2.24) is 24.7 Å². The summed E-state index contributed by atoms with van der Waals surface area (Å²) in [6.07, 6.45) is 4.64. The smallest absolute Gasteiger partial charge is 0.252 e. The first kappa shape index (κ1) is 20.5. The molecule has 0 saturated carbocycles. The fraction of sp³-hybridized carbons (Fsp3) is 0.421. The Bertz CT molecular complexity index is 1030. The molecule has 0 unspecified atom stereocenters. The molecule has 3 rings (SSSR count). The third-order valence-corrected chi connectivity index (χ3v) is 5.18. The van der Waals surface area contributed by atoms with Gasteiger partial charge in [-0.25, -0.2) is 15.0 Å². The highest BCUT2D eigenvalue weighted by Gasteiger charge is 2.25. The SMILES string of the molecule is CCN(CC)c1nc(C(C)(C)C)c(N=Nc2c(C#N)cnn2-c2ncccn2)s1. The maximum Gasteiger partial charge on any atom is 0.252 e. The van der Waals surface area contributed by atoms with Crippen LogP contribution in [0, 0.1) is 11.3 Å². The Kier molecular flexibility index (Phi) is 5.98. The lowest BCUT2D eigenvalue weighted by atomic mass is 9.93. The summed E-state index contributed by atoms with van der Waals surface area (Å²) in [7, 11) is 0. The number of nitrogens with zero attached hydrogens (tertiary/aromatic N) is 9. The van der Waals surface area contributed by atoms with Crippen molar-refractivity contribution >= 4 is 27.3 Å². The van der Waals surface area contributed by atoms with Crippen LogP contribution in [0.5, 0.6) is 0 Å². The van der Waals surface area contributed by atoms with Gasteiger partial charge in [-0.2, -0.15) is 15.0 Å². The van der Waals surface area contributed by atoms with Gasteiger partial charge in [-0.15, -0.1) is 10.2 Å². The minimum atomic E-state index is -0.197. The second-order valence-corrected chi connectivity index (χ2v) is 8.18. The molecular formula is C19H23N9S. The lowest BCUT2D eigenvalue weighted by molar-refractivity contribution is 0.573. The summed E-state index contributed by atoms with van der Waals surface area (Å²) >= 11 is 1.49. The molecule has 0 N–H and O–H groups in total. The molecule has 3 aromatic rings. The largest absolute Gasteiger partial charge is 0.349 e. The molecule has 0 amide bonds. The highest BCUT2D eigenvalue weighted by Crippen LogP contribution is 2.40. The molecule has 10 heteroatoms. The predicted molar refractivity (Wildman–Crippen MR) is 112 cm³/mol. The van der Waals surface area contributed by atoms with Crippen molar-refractivity contribution in [1.29, 1.82) is 5.26 Å². The molecule has 0 aliphatic rings. The zero-order valence-corrected chi connectivity index (χ0v) is 18.0. The zero-order valence-electron chi connectivity index (χ0n) is 17.2. The van der Waals surface area contributed by atoms with Crippen molar-refractivity contribution in [3.63, 3.8) is 0 Å². The van der Waals surface area contributed by atoms with Crippen molar-refractivity contribution < 1.29 is 0 Å². The molecular weight excluding hydrogens is 386 g/mol. The summed E-state index contributed by atoms with van der Waals surface area (Å²) in [5.74, 6) is 0.614. The molecule has 0 atom stereocenters. The molecule has 0 spiro atoms. The summed E-state index contributed by atoms with van der Waals surface area (Å²) < 4.78 is 1.41. The molecule has 29 heavy (non-hydrogen) atoms. The first-order valence-electron chi connectivity index (χ1n) is 9.32. The topological polar surface area (TPSA) is 108 Å². The highest BCUT2D eigenvalue weighted by atomic mass is 32.1. The lowest BCUT2D eigenvalue weighted by Gasteiger charge is -2.18. The van der Waals surface area contributed by atoms with Crippen LogP contribution in [0.3, 0.4) is 0 Å². The van der Waals surface area contributed by atoms with Gasteiger partial charge >= 0.3 is 0 Å². The maximum atomic E-state index is 9.44. The van der Waals surface area contributed by atoms with Gasteiger partial charge in [-0.05, 0) is 19.9 Å². The van der Waals surface area contributed by atoms with Crippen molar-refractivity contribution in [2.45, 2.75) is 40.0 Å². The van der Waals surface area contributed by atoms with E-state index < -0.39 is 0 Å². The van der Waals surface area contributed by atoms with Crippen molar-refractivity contribution in [3.05, 3.63) is 35.9 Å². The Morgan fingerprint density at radius 1 is 1.17 bits per heavy atom. The lowest BCUT2D eigenvalue weighted by Crippen LogP contribution is -2.22. The number of rotatable bonds is 6. The number of azo groups is 1. The monoisotopic (exact) mass is 409 g/mol. The fourth-order valence-electron chi connectivity index (χ4n) is 2.64. The maximum absolute atomic E-state index is 9.44. The van der Waals surface area contributed by atoms with Gasteiger partial charge in [0.15, 0.2) is 16.0 Å². The summed E-state index contributed by atoms with van der Waals surface area (Å²) in [6.45, 7) is 12.2. The van der Waals surface area contributed by atoms with Gasteiger partial charge in [0.2, 0.25) is 0 Å². The van der Waals surface area contributed by atoms with E-state index in [4.69, 9.17) is 4.98 Å². The summed E-state index contributed by atoms with van der Waals surface area (Å²) in [6, 6.07) is 3.80. The number of hydrogen-bond acceptors (Lipinski definition) is 9. The zero-order chi connectivity index (χ0) is 21.0. The molecule has 0 aliphatic heterocycles. The number of anilines is 1. The molecule has 0 aliphatic carbocycles. The average molecular weight is 410 g/mol. The van der Waals surface area contributed by atoms with Crippen LogP contribution in [0.4, 0.5) is 16.0 Å². The van der Waals surface area contributed by atoms with Crippen LogP contribution < -0.4 is 4.90 Å². The van der Waals surface area contributed by atoms with Crippen LogP contribution in [0.1, 0.15) is 45.9 Å². The van der Waals surface area contributed by atoms with Gasteiger partial charge in [-0.3, -0.25) is 0 Å². The number of aromatic nitrogens is 5. The summed E-state index contributed by atoms with van der Waals surface area (Å²) in [5.41, 5.74) is 0.970. The van der Waals surface area contributed by atoms with Crippen molar-refractivity contribution in [2.75, 3.05) is 18.0 Å². The van der Waals surface area contributed by atoms with Crippen LogP contribution in [0.15, 0.2) is 34.9 Å². The number of thiazole rings is 1. The van der Waals surface area contributed by atoms with Crippen molar-refractivity contribution in [2.24, 2.45) is 10.2 Å². The normalized spacial score (nSPS) is 11.7. The Labute approximate surface area is 173 Å². The summed E-state index contributed by atoms with van der Waals surface area (Å²) in [5, 5.41) is 24.1. The van der Waals surface area contributed by atoms with E-state index in [0.29, 0.717) is 16.5 Å². The van der Waals surface area contributed by atoms with Gasteiger partial charge in [0.05, 0.1) is 11.9 Å². The van der Waals surface area contributed by atoms with Crippen LogP contribution in [0.2, 0.25) is 0 Å². The fourth-order valence-corrected chi connectivity index (χ4v) is 3.87. The molecule has 0 fully saturated rings. The Morgan fingerprint density at radius 3 is 2.45 bits per heavy atom. The Balaban J connectivity index is 2.07. The van der Waals surface area contributed by atoms with E-state index in [-0.39, 0.29) is 11.2 Å². The van der Waals surface area contributed by atoms with E-state index >= 15 is 0 Å². The summed E-state index contributed by atoms with van der Waals surface area (Å²) in [4.78, 5) is 15.4. The van der Waals surface area contributed by atoms with E-state index in [1.165, 1.54) is 22.2 Å². The molecule has 150 valence electrons. The molecule has 9 nitrogen and oxygen atoms in total. The third-order valence-electron chi connectivity index (χ3n) is 4.18. The van der Waals surface area contributed by atoms with Crippen LogP contribution in [-0.4, -0.2) is 37.8 Å². The van der Waals surface area contributed by atoms with E-state index in [1.54, 1.807) is 18.5 Å². The quantitative estimate of drug-likeness (QED) is 0.553. The Morgan fingerprint density at radius 2 is 1.86 bits per heavy atom.